The van der Waals surface area contributed by atoms with Crippen molar-refractivity contribution in [3.05, 3.63) is 56.9 Å². The van der Waals surface area contributed by atoms with Gasteiger partial charge >= 0.3 is 11.9 Å². The van der Waals surface area contributed by atoms with Gasteiger partial charge in [0.15, 0.2) is 5.60 Å². The van der Waals surface area contributed by atoms with Crippen molar-refractivity contribution in [3.8, 4) is 17.1 Å². The molecule has 0 radical (unpaired) electrons. The minimum absolute atomic E-state index is 0.0541. The van der Waals surface area contributed by atoms with E-state index in [0.29, 0.717) is 33.6 Å². The molecule has 2 aromatic heterocycles. The number of nitrogens with one attached hydrogen (secondary N) is 1. The van der Waals surface area contributed by atoms with E-state index in [4.69, 9.17) is 19.2 Å². The molecule has 2 aliphatic heterocycles. The van der Waals surface area contributed by atoms with Gasteiger partial charge in [-0.05, 0) is 30.7 Å². The summed E-state index contributed by atoms with van der Waals surface area (Å²) < 4.78 is 17.1. The van der Waals surface area contributed by atoms with Crippen LogP contribution in [0.15, 0.2) is 29.1 Å². The second-order valence-corrected chi connectivity index (χ2v) is 9.39. The summed E-state index contributed by atoms with van der Waals surface area (Å²) in [6.45, 7) is 2.98. The molecular formula is C27H27N3O8. The Labute approximate surface area is 217 Å². The van der Waals surface area contributed by atoms with Crippen LogP contribution in [0.1, 0.15) is 42.5 Å². The number of fused-ring (bicyclic) bond motifs is 5. The predicted octanol–water partition coefficient (Wildman–Crippen LogP) is 1.31. The lowest BCUT2D eigenvalue weighted by Crippen LogP contribution is -2.44. The topological polar surface area (TPSA) is 146 Å². The number of aromatic nitrogens is 2. The molecule has 0 saturated carbocycles. The smallest absolute Gasteiger partial charge is 0.343 e. The number of amides is 1. The van der Waals surface area contributed by atoms with Crippen molar-refractivity contribution >= 4 is 28.7 Å². The maximum atomic E-state index is 13.4. The van der Waals surface area contributed by atoms with Crippen LogP contribution in [0.25, 0.3) is 22.3 Å². The Morgan fingerprint density at radius 2 is 2.03 bits per heavy atom. The Morgan fingerprint density at radius 1 is 1.26 bits per heavy atom. The highest BCUT2D eigenvalue weighted by molar-refractivity contribution is 5.91. The van der Waals surface area contributed by atoms with Crippen LogP contribution in [0.2, 0.25) is 0 Å². The van der Waals surface area contributed by atoms with Crippen LogP contribution in [0.4, 0.5) is 0 Å². The quantitative estimate of drug-likeness (QED) is 0.359. The maximum Gasteiger partial charge on any atom is 0.343 e. The molecule has 3 aromatic rings. The molecule has 2 atom stereocenters. The molecule has 4 heterocycles. The van der Waals surface area contributed by atoms with E-state index in [2.05, 4.69) is 5.32 Å². The fourth-order valence-electron chi connectivity index (χ4n) is 5.28. The second kappa shape index (κ2) is 9.25. The van der Waals surface area contributed by atoms with Crippen molar-refractivity contribution in [2.45, 2.75) is 51.5 Å². The lowest BCUT2D eigenvalue weighted by molar-refractivity contribution is -0.172. The molecule has 1 unspecified atom stereocenters. The predicted molar refractivity (Wildman–Crippen MR) is 134 cm³/mol. The van der Waals surface area contributed by atoms with Gasteiger partial charge in [-0.15, -0.1) is 0 Å². The first-order valence-electron chi connectivity index (χ1n) is 12.1. The van der Waals surface area contributed by atoms with E-state index >= 15 is 0 Å². The Hall–Kier alpha value is -4.25. The number of methoxy groups -OCH3 is 2. The average molecular weight is 522 g/mol. The molecule has 11 heteroatoms. The fourth-order valence-corrected chi connectivity index (χ4v) is 5.28. The first kappa shape index (κ1) is 25.4. The van der Waals surface area contributed by atoms with Crippen LogP contribution in [0.3, 0.4) is 0 Å². The average Bonchev–Trinajstić information content (AvgIpc) is 3.26. The lowest BCUT2D eigenvalue weighted by Gasteiger charge is -2.31. The third-order valence-electron chi connectivity index (χ3n) is 7.25. The van der Waals surface area contributed by atoms with E-state index in [1.807, 2.05) is 6.07 Å². The molecule has 11 nitrogen and oxygen atoms in total. The number of carbonyl (C=O) groups is 3. The number of nitrogens with zero attached hydrogens (tertiary/aromatic N) is 2. The zero-order valence-electron chi connectivity index (χ0n) is 21.4. The molecule has 5 rings (SSSR count). The van der Waals surface area contributed by atoms with Gasteiger partial charge < -0.3 is 29.2 Å². The van der Waals surface area contributed by atoms with Crippen LogP contribution in [-0.4, -0.2) is 52.8 Å². The van der Waals surface area contributed by atoms with E-state index in [9.17, 15) is 24.3 Å². The number of rotatable bonds is 6. The molecule has 0 spiro atoms. The summed E-state index contributed by atoms with van der Waals surface area (Å²) in [6.07, 6.45) is 0.149. The van der Waals surface area contributed by atoms with Gasteiger partial charge in [-0.1, -0.05) is 6.92 Å². The Bertz CT molecular complexity index is 1580. The van der Waals surface area contributed by atoms with E-state index in [1.54, 1.807) is 29.7 Å². The molecule has 0 fully saturated rings. The SMILES string of the molecule is CC[C@@]1(O)C(=O)OCc2c1cc1n(c2=O)Cc2cc3c(CC(NC(C)=O)C(=O)OC)c(OC)ccc3nc2-1. The molecule has 0 bridgehead atoms. The molecular weight excluding hydrogens is 494 g/mol. The first-order valence-corrected chi connectivity index (χ1v) is 12.1. The zero-order chi connectivity index (χ0) is 27.4. The molecule has 198 valence electrons. The molecule has 2 aliphatic rings. The molecule has 2 N–H and O–H groups in total. The van der Waals surface area contributed by atoms with Crippen molar-refractivity contribution < 1.29 is 33.7 Å². The minimum atomic E-state index is -1.91. The molecule has 1 amide bonds. The van der Waals surface area contributed by atoms with Crippen LogP contribution in [0.5, 0.6) is 5.75 Å². The van der Waals surface area contributed by atoms with Crippen molar-refractivity contribution in [1.29, 1.82) is 0 Å². The standard InChI is InChI=1S/C27H27N3O8/c1-5-27(35)18-10-21-23-14(11-30(21)24(32)17(18)12-38-26(27)34)8-15-16(22(36-3)7-6-19(15)29-23)9-20(25(33)37-4)28-13(2)31/h6-8,10,20,35H,5,9,11-12H2,1-4H3,(H,28,31)/t20?,27-/m0/s1. The number of cyclic esters (lactones) is 1. The van der Waals surface area contributed by atoms with Gasteiger partial charge in [0, 0.05) is 35.4 Å². The highest BCUT2D eigenvalue weighted by Crippen LogP contribution is 2.40. The minimum Gasteiger partial charge on any atom is -0.496 e. The number of benzene rings is 1. The van der Waals surface area contributed by atoms with Crippen LogP contribution in [0, 0.1) is 0 Å². The molecule has 1 aromatic carbocycles. The zero-order valence-corrected chi connectivity index (χ0v) is 21.4. The van der Waals surface area contributed by atoms with Gasteiger partial charge in [0.1, 0.15) is 18.4 Å². The number of pyridine rings is 2. The summed E-state index contributed by atoms with van der Waals surface area (Å²) in [5.41, 5.74) is 1.24. The summed E-state index contributed by atoms with van der Waals surface area (Å²) in [7, 11) is 2.76. The number of esters is 2. The third-order valence-corrected chi connectivity index (χ3v) is 7.25. The highest BCUT2D eigenvalue weighted by Gasteiger charge is 2.45. The largest absolute Gasteiger partial charge is 0.496 e. The van der Waals surface area contributed by atoms with E-state index in [0.717, 1.165) is 5.56 Å². The summed E-state index contributed by atoms with van der Waals surface area (Å²) in [5, 5.41) is 14.4. The normalized spacial score (nSPS) is 18.2. The van der Waals surface area contributed by atoms with Gasteiger partial charge in [-0.25, -0.2) is 14.6 Å². The Kier molecular flexibility index (Phi) is 6.18. The first-order chi connectivity index (χ1) is 18.1. The number of hydrogen-bond acceptors (Lipinski definition) is 9. The van der Waals surface area contributed by atoms with Crippen LogP contribution < -0.4 is 15.6 Å². The van der Waals surface area contributed by atoms with Crippen LogP contribution in [-0.2, 0) is 49.0 Å². The number of carbonyl (C=O) groups excluding carboxylic acids is 3. The summed E-state index contributed by atoms with van der Waals surface area (Å²) in [5.74, 6) is -1.26. The molecule has 0 saturated heterocycles. The summed E-state index contributed by atoms with van der Waals surface area (Å²) in [4.78, 5) is 54.8. The molecule has 38 heavy (non-hydrogen) atoms. The number of aliphatic hydroxyl groups is 1. The van der Waals surface area contributed by atoms with E-state index < -0.39 is 23.6 Å². The van der Waals surface area contributed by atoms with Gasteiger partial charge in [-0.2, -0.15) is 0 Å². The summed E-state index contributed by atoms with van der Waals surface area (Å²) in [6, 6.07) is 6.08. The number of hydrogen-bond donors (Lipinski definition) is 2. The van der Waals surface area contributed by atoms with Gasteiger partial charge in [0.05, 0.1) is 43.2 Å². The monoisotopic (exact) mass is 521 g/mol. The Balaban J connectivity index is 1.67. The fraction of sp³-hybridized carbons (Fsp3) is 0.370. The lowest BCUT2D eigenvalue weighted by atomic mass is 9.86. The van der Waals surface area contributed by atoms with Gasteiger partial charge in [0.2, 0.25) is 5.91 Å². The highest BCUT2D eigenvalue weighted by atomic mass is 16.6. The van der Waals surface area contributed by atoms with Gasteiger partial charge in [0.25, 0.3) is 5.56 Å². The third kappa shape index (κ3) is 3.81. The second-order valence-electron chi connectivity index (χ2n) is 9.39. The van der Waals surface area contributed by atoms with Gasteiger partial charge in [-0.3, -0.25) is 9.59 Å². The van der Waals surface area contributed by atoms with E-state index in [1.165, 1.54) is 21.1 Å². The maximum absolute atomic E-state index is 13.4. The van der Waals surface area contributed by atoms with Crippen LogP contribution >= 0.6 is 0 Å². The summed E-state index contributed by atoms with van der Waals surface area (Å²) >= 11 is 0. The van der Waals surface area contributed by atoms with Crippen molar-refractivity contribution in [2.75, 3.05) is 14.2 Å². The van der Waals surface area contributed by atoms with E-state index in [-0.39, 0.29) is 48.6 Å². The Morgan fingerprint density at radius 3 is 2.68 bits per heavy atom. The number of ether oxygens (including phenoxy) is 3. The van der Waals surface area contributed by atoms with Crippen molar-refractivity contribution in [1.82, 2.24) is 14.9 Å². The van der Waals surface area contributed by atoms with Crippen molar-refractivity contribution in [2.24, 2.45) is 0 Å². The molecule has 0 aliphatic carbocycles. The van der Waals surface area contributed by atoms with Crippen molar-refractivity contribution in [3.63, 3.8) is 0 Å².